The number of rotatable bonds is 6. The van der Waals surface area contributed by atoms with Gasteiger partial charge < -0.3 is 10.0 Å². The van der Waals surface area contributed by atoms with Crippen molar-refractivity contribution in [3.8, 4) is 0 Å². The number of anilines is 1. The van der Waals surface area contributed by atoms with Crippen LogP contribution in [0.15, 0.2) is 5.38 Å². The summed E-state index contributed by atoms with van der Waals surface area (Å²) in [5, 5.41) is 11.7. The van der Waals surface area contributed by atoms with Crippen LogP contribution in [0.2, 0.25) is 0 Å². The Balaban J connectivity index is 2.78. The van der Waals surface area contributed by atoms with E-state index in [1.807, 2.05) is 17.2 Å². The van der Waals surface area contributed by atoms with Crippen molar-refractivity contribution in [2.45, 2.75) is 27.2 Å². The molecule has 0 bridgehead atoms. The lowest BCUT2D eigenvalue weighted by atomic mass is 10.2. The molecule has 0 aromatic carbocycles. The Kier molecular flexibility index (Phi) is 4.73. The average molecular weight is 242 g/mol. The van der Waals surface area contributed by atoms with Crippen molar-refractivity contribution in [1.82, 2.24) is 4.98 Å². The van der Waals surface area contributed by atoms with Crippen LogP contribution in [0.1, 0.15) is 26.5 Å². The van der Waals surface area contributed by atoms with Gasteiger partial charge in [-0.05, 0) is 12.3 Å². The SMILES string of the molecule is CCc1csc(N(CC(=O)O)CC(C)C)n1. The van der Waals surface area contributed by atoms with E-state index >= 15 is 0 Å². The van der Waals surface area contributed by atoms with E-state index in [2.05, 4.69) is 18.8 Å². The van der Waals surface area contributed by atoms with Crippen molar-refractivity contribution < 1.29 is 9.90 Å². The Morgan fingerprint density at radius 1 is 1.62 bits per heavy atom. The summed E-state index contributed by atoms with van der Waals surface area (Å²) in [4.78, 5) is 17.0. The highest BCUT2D eigenvalue weighted by atomic mass is 32.1. The summed E-state index contributed by atoms with van der Waals surface area (Å²) in [6, 6.07) is 0. The van der Waals surface area contributed by atoms with Crippen LogP contribution >= 0.6 is 11.3 Å². The summed E-state index contributed by atoms with van der Waals surface area (Å²) in [6.45, 7) is 6.94. The van der Waals surface area contributed by atoms with Crippen LogP contribution in [0.25, 0.3) is 0 Å². The van der Waals surface area contributed by atoms with Crippen molar-refractivity contribution in [1.29, 1.82) is 0 Å². The fourth-order valence-corrected chi connectivity index (χ4v) is 2.34. The molecule has 0 spiro atoms. The summed E-state index contributed by atoms with van der Waals surface area (Å²) in [5.74, 6) is -0.387. The molecule has 1 aromatic heterocycles. The molecule has 1 N–H and O–H groups in total. The third-order valence-electron chi connectivity index (χ3n) is 2.08. The van der Waals surface area contributed by atoms with Gasteiger partial charge in [-0.1, -0.05) is 20.8 Å². The van der Waals surface area contributed by atoms with Gasteiger partial charge in [-0.3, -0.25) is 4.79 Å². The van der Waals surface area contributed by atoms with Crippen molar-refractivity contribution in [2.75, 3.05) is 18.0 Å². The first kappa shape index (κ1) is 13.0. The van der Waals surface area contributed by atoms with Crippen LogP contribution in [0.5, 0.6) is 0 Å². The van der Waals surface area contributed by atoms with Gasteiger partial charge in [-0.2, -0.15) is 0 Å². The monoisotopic (exact) mass is 242 g/mol. The molecule has 0 saturated carbocycles. The van der Waals surface area contributed by atoms with Crippen LogP contribution in [0.4, 0.5) is 5.13 Å². The minimum Gasteiger partial charge on any atom is -0.480 e. The topological polar surface area (TPSA) is 53.4 Å². The molecule has 0 radical (unpaired) electrons. The van der Waals surface area contributed by atoms with Gasteiger partial charge in [0.25, 0.3) is 0 Å². The molecule has 0 aliphatic carbocycles. The summed E-state index contributed by atoms with van der Waals surface area (Å²) < 4.78 is 0. The number of carboxylic acid groups (broad SMARTS) is 1. The Morgan fingerprint density at radius 2 is 2.31 bits per heavy atom. The van der Waals surface area contributed by atoms with Gasteiger partial charge in [0.1, 0.15) is 6.54 Å². The normalized spacial score (nSPS) is 10.8. The molecule has 0 amide bonds. The molecule has 0 aliphatic heterocycles. The Hall–Kier alpha value is -1.10. The molecule has 0 unspecified atom stereocenters. The second kappa shape index (κ2) is 5.84. The minimum absolute atomic E-state index is 0.0227. The van der Waals surface area contributed by atoms with Crippen LogP contribution in [0.3, 0.4) is 0 Å². The maximum atomic E-state index is 10.8. The number of thiazole rings is 1. The van der Waals surface area contributed by atoms with E-state index in [1.54, 1.807) is 0 Å². The van der Waals surface area contributed by atoms with Gasteiger partial charge in [-0.25, -0.2) is 4.98 Å². The van der Waals surface area contributed by atoms with Gasteiger partial charge >= 0.3 is 5.97 Å². The number of hydrogen-bond acceptors (Lipinski definition) is 4. The fraction of sp³-hybridized carbons (Fsp3) is 0.636. The Labute approximate surface area is 99.9 Å². The zero-order chi connectivity index (χ0) is 12.1. The van der Waals surface area contributed by atoms with Gasteiger partial charge in [0.2, 0.25) is 0 Å². The van der Waals surface area contributed by atoms with Gasteiger partial charge in [0.05, 0.1) is 5.69 Å². The molecule has 4 nitrogen and oxygen atoms in total. The number of nitrogens with zero attached hydrogens (tertiary/aromatic N) is 2. The third kappa shape index (κ3) is 3.81. The highest BCUT2D eigenvalue weighted by Crippen LogP contribution is 2.21. The molecule has 0 saturated heterocycles. The first-order chi connectivity index (χ1) is 7.52. The zero-order valence-corrected chi connectivity index (χ0v) is 10.8. The lowest BCUT2D eigenvalue weighted by Gasteiger charge is -2.21. The van der Waals surface area contributed by atoms with E-state index in [1.165, 1.54) is 11.3 Å². The first-order valence-electron chi connectivity index (χ1n) is 5.44. The molecule has 90 valence electrons. The summed E-state index contributed by atoms with van der Waals surface area (Å²) in [6.07, 6.45) is 0.888. The third-order valence-corrected chi connectivity index (χ3v) is 3.03. The van der Waals surface area contributed by atoms with Crippen LogP contribution in [-0.4, -0.2) is 29.1 Å². The van der Waals surface area contributed by atoms with E-state index < -0.39 is 5.97 Å². The Bertz CT molecular complexity index is 350. The quantitative estimate of drug-likeness (QED) is 0.831. The van der Waals surface area contributed by atoms with Crippen LogP contribution < -0.4 is 4.90 Å². The van der Waals surface area contributed by atoms with Crippen molar-refractivity contribution in [3.63, 3.8) is 0 Å². The largest absolute Gasteiger partial charge is 0.480 e. The predicted octanol–water partition coefficient (Wildman–Crippen LogP) is 2.25. The minimum atomic E-state index is -0.811. The molecule has 16 heavy (non-hydrogen) atoms. The molecule has 1 aromatic rings. The molecule has 1 rings (SSSR count). The summed E-state index contributed by atoms with van der Waals surface area (Å²) in [5.41, 5.74) is 1.03. The molecule has 0 fully saturated rings. The summed E-state index contributed by atoms with van der Waals surface area (Å²) in [7, 11) is 0. The van der Waals surface area contributed by atoms with E-state index in [9.17, 15) is 4.79 Å². The average Bonchev–Trinajstić information content (AvgIpc) is 2.63. The maximum absolute atomic E-state index is 10.8. The van der Waals surface area contributed by atoms with Crippen molar-refractivity contribution >= 4 is 22.4 Å². The number of hydrogen-bond donors (Lipinski definition) is 1. The highest BCUT2D eigenvalue weighted by Gasteiger charge is 2.15. The van der Waals surface area contributed by atoms with Gasteiger partial charge in [0.15, 0.2) is 5.13 Å². The zero-order valence-electron chi connectivity index (χ0n) is 9.93. The van der Waals surface area contributed by atoms with E-state index in [0.717, 1.165) is 23.8 Å². The lowest BCUT2D eigenvalue weighted by molar-refractivity contribution is -0.135. The second-order valence-electron chi connectivity index (χ2n) is 4.14. The number of carbonyl (C=O) groups is 1. The highest BCUT2D eigenvalue weighted by molar-refractivity contribution is 7.13. The van der Waals surface area contributed by atoms with Crippen LogP contribution in [-0.2, 0) is 11.2 Å². The molecular weight excluding hydrogens is 224 g/mol. The molecule has 0 atom stereocenters. The standard InChI is InChI=1S/C11H18N2O2S/c1-4-9-7-16-11(12-9)13(5-8(2)3)6-10(14)15/h7-8H,4-6H2,1-3H3,(H,14,15). The lowest BCUT2D eigenvalue weighted by Crippen LogP contribution is -2.32. The van der Waals surface area contributed by atoms with Crippen LogP contribution in [0, 0.1) is 5.92 Å². The number of carboxylic acids is 1. The smallest absolute Gasteiger partial charge is 0.323 e. The summed E-state index contributed by atoms with van der Waals surface area (Å²) >= 11 is 1.52. The second-order valence-corrected chi connectivity index (χ2v) is 4.98. The van der Waals surface area contributed by atoms with E-state index in [-0.39, 0.29) is 6.54 Å². The van der Waals surface area contributed by atoms with E-state index in [4.69, 9.17) is 5.11 Å². The number of aliphatic carboxylic acids is 1. The molecule has 5 heteroatoms. The van der Waals surface area contributed by atoms with Gasteiger partial charge in [-0.15, -0.1) is 11.3 Å². The van der Waals surface area contributed by atoms with Crippen molar-refractivity contribution in [2.24, 2.45) is 5.92 Å². The molecular formula is C11H18N2O2S. The predicted molar refractivity (Wildman–Crippen MR) is 66.2 cm³/mol. The number of aromatic nitrogens is 1. The number of aryl methyl sites for hydroxylation is 1. The maximum Gasteiger partial charge on any atom is 0.323 e. The molecule has 0 aliphatic rings. The fourth-order valence-electron chi connectivity index (χ4n) is 1.42. The van der Waals surface area contributed by atoms with Gasteiger partial charge in [0, 0.05) is 11.9 Å². The first-order valence-corrected chi connectivity index (χ1v) is 6.32. The van der Waals surface area contributed by atoms with Crippen molar-refractivity contribution in [3.05, 3.63) is 11.1 Å². The molecule has 1 heterocycles. The van der Waals surface area contributed by atoms with E-state index in [0.29, 0.717) is 5.92 Å². The Morgan fingerprint density at radius 3 is 2.75 bits per heavy atom.